The Balaban J connectivity index is 1.88. The van der Waals surface area contributed by atoms with Crippen molar-refractivity contribution in [3.05, 3.63) is 62.1 Å². The third kappa shape index (κ3) is 3.35. The lowest BCUT2D eigenvalue weighted by Crippen LogP contribution is -2.11. The maximum absolute atomic E-state index is 12.1. The zero-order chi connectivity index (χ0) is 17.3. The molecule has 0 unspecified atom stereocenters. The lowest BCUT2D eigenvalue weighted by atomic mass is 10.2. The van der Waals surface area contributed by atoms with Crippen molar-refractivity contribution in [2.75, 3.05) is 5.32 Å². The van der Waals surface area contributed by atoms with E-state index in [1.54, 1.807) is 30.3 Å². The third-order valence-electron chi connectivity index (χ3n) is 3.01. The van der Waals surface area contributed by atoms with E-state index in [2.05, 4.69) is 15.5 Å². The SMILES string of the molecule is O=C(Nc1nnc(-c2cc(Cl)c(Cl)c(Cl)c2Cl)o1)c1ccccc1. The molecule has 9 heteroatoms. The Kier molecular flexibility index (Phi) is 4.96. The Hall–Kier alpha value is -1.79. The van der Waals surface area contributed by atoms with Crippen molar-refractivity contribution in [3.63, 3.8) is 0 Å². The summed E-state index contributed by atoms with van der Waals surface area (Å²) < 4.78 is 5.39. The number of anilines is 1. The summed E-state index contributed by atoms with van der Waals surface area (Å²) in [6.07, 6.45) is 0. The molecule has 3 aromatic rings. The fraction of sp³-hybridized carbons (Fsp3) is 0. The molecule has 5 nitrogen and oxygen atoms in total. The first-order valence-corrected chi connectivity index (χ1v) is 8.02. The highest BCUT2D eigenvalue weighted by Gasteiger charge is 2.19. The van der Waals surface area contributed by atoms with E-state index < -0.39 is 0 Å². The summed E-state index contributed by atoms with van der Waals surface area (Å²) >= 11 is 24.0. The van der Waals surface area contributed by atoms with Crippen LogP contribution in [0.1, 0.15) is 10.4 Å². The number of rotatable bonds is 3. The Labute approximate surface area is 156 Å². The van der Waals surface area contributed by atoms with Gasteiger partial charge >= 0.3 is 6.01 Å². The minimum atomic E-state index is -0.385. The lowest BCUT2D eigenvalue weighted by Gasteiger charge is -2.05. The minimum Gasteiger partial charge on any atom is -0.403 e. The number of hydrogen-bond donors (Lipinski definition) is 1. The number of nitrogens with zero attached hydrogens (tertiary/aromatic N) is 2. The molecule has 122 valence electrons. The third-order valence-corrected chi connectivity index (χ3v) is 4.77. The van der Waals surface area contributed by atoms with E-state index in [0.29, 0.717) is 11.1 Å². The second-order valence-corrected chi connectivity index (χ2v) is 6.12. The molecule has 0 aliphatic heterocycles. The van der Waals surface area contributed by atoms with Crippen molar-refractivity contribution < 1.29 is 9.21 Å². The molecule has 0 radical (unpaired) electrons. The molecule has 0 bridgehead atoms. The van der Waals surface area contributed by atoms with E-state index >= 15 is 0 Å². The number of carbonyl (C=O) groups excluding carboxylic acids is 1. The zero-order valence-electron chi connectivity index (χ0n) is 11.7. The number of amides is 1. The van der Waals surface area contributed by atoms with Crippen LogP contribution in [-0.2, 0) is 0 Å². The summed E-state index contributed by atoms with van der Waals surface area (Å²) in [5, 5.41) is 10.6. The highest BCUT2D eigenvalue weighted by molar-refractivity contribution is 6.52. The first kappa shape index (κ1) is 17.0. The van der Waals surface area contributed by atoms with Crippen LogP contribution in [0.5, 0.6) is 0 Å². The molecule has 1 N–H and O–H groups in total. The number of nitrogens with one attached hydrogen (secondary N) is 1. The molecular weight excluding hydrogens is 396 g/mol. The molecule has 0 saturated carbocycles. The van der Waals surface area contributed by atoms with Gasteiger partial charge in [-0.2, -0.15) is 0 Å². The summed E-state index contributed by atoms with van der Waals surface area (Å²) in [7, 11) is 0. The first-order valence-electron chi connectivity index (χ1n) is 6.50. The molecule has 1 heterocycles. The molecule has 24 heavy (non-hydrogen) atoms. The second-order valence-electron chi connectivity index (χ2n) is 4.58. The predicted octanol–water partition coefficient (Wildman–Crippen LogP) is 5.60. The predicted molar refractivity (Wildman–Crippen MR) is 94.2 cm³/mol. The van der Waals surface area contributed by atoms with Gasteiger partial charge < -0.3 is 4.42 Å². The fourth-order valence-electron chi connectivity index (χ4n) is 1.87. The maximum atomic E-state index is 12.1. The Morgan fingerprint density at radius 1 is 0.958 bits per heavy atom. The van der Waals surface area contributed by atoms with Gasteiger partial charge in [-0.3, -0.25) is 10.1 Å². The summed E-state index contributed by atoms with van der Waals surface area (Å²) in [5.41, 5.74) is 0.761. The van der Waals surface area contributed by atoms with Crippen molar-refractivity contribution >= 4 is 58.3 Å². The van der Waals surface area contributed by atoms with Gasteiger partial charge in [0, 0.05) is 5.56 Å². The van der Waals surface area contributed by atoms with Crippen LogP contribution in [-0.4, -0.2) is 16.1 Å². The molecule has 3 rings (SSSR count). The largest absolute Gasteiger partial charge is 0.403 e. The average Bonchev–Trinajstić information content (AvgIpc) is 3.05. The fourth-order valence-corrected chi connectivity index (χ4v) is 2.75. The topological polar surface area (TPSA) is 68.0 Å². The van der Waals surface area contributed by atoms with Gasteiger partial charge in [-0.15, -0.1) is 5.10 Å². The average molecular weight is 403 g/mol. The van der Waals surface area contributed by atoms with Crippen molar-refractivity contribution in [1.29, 1.82) is 0 Å². The van der Waals surface area contributed by atoms with Crippen LogP contribution < -0.4 is 5.32 Å². The number of hydrogen-bond acceptors (Lipinski definition) is 4. The van der Waals surface area contributed by atoms with E-state index in [9.17, 15) is 4.79 Å². The van der Waals surface area contributed by atoms with Gasteiger partial charge in [0.05, 0.1) is 25.7 Å². The van der Waals surface area contributed by atoms with Crippen LogP contribution in [0.25, 0.3) is 11.5 Å². The van der Waals surface area contributed by atoms with Gasteiger partial charge in [0.2, 0.25) is 0 Å². The van der Waals surface area contributed by atoms with Crippen LogP contribution in [0, 0.1) is 0 Å². The summed E-state index contributed by atoms with van der Waals surface area (Å²) in [4.78, 5) is 12.1. The molecule has 0 fully saturated rings. The lowest BCUT2D eigenvalue weighted by molar-refractivity contribution is 0.102. The van der Waals surface area contributed by atoms with Gasteiger partial charge in [-0.05, 0) is 18.2 Å². The molecule has 0 aliphatic rings. The quantitative estimate of drug-likeness (QED) is 0.457. The Bertz CT molecular complexity index is 913. The molecule has 1 aromatic heterocycles. The summed E-state index contributed by atoms with van der Waals surface area (Å²) in [6, 6.07) is 9.96. The zero-order valence-corrected chi connectivity index (χ0v) is 14.7. The molecule has 1 amide bonds. The minimum absolute atomic E-state index is 0.0452. The van der Waals surface area contributed by atoms with Crippen LogP contribution in [0.3, 0.4) is 0 Å². The van der Waals surface area contributed by atoms with E-state index in [4.69, 9.17) is 50.8 Å². The van der Waals surface area contributed by atoms with Crippen LogP contribution in [0.4, 0.5) is 6.01 Å². The monoisotopic (exact) mass is 401 g/mol. The molecule has 0 atom stereocenters. The molecule has 2 aromatic carbocycles. The van der Waals surface area contributed by atoms with Crippen molar-refractivity contribution in [2.45, 2.75) is 0 Å². The van der Waals surface area contributed by atoms with E-state index in [1.807, 2.05) is 0 Å². The van der Waals surface area contributed by atoms with Gasteiger partial charge in [0.1, 0.15) is 0 Å². The van der Waals surface area contributed by atoms with Gasteiger partial charge in [0.25, 0.3) is 11.8 Å². The summed E-state index contributed by atoms with van der Waals surface area (Å²) in [6.45, 7) is 0. The van der Waals surface area contributed by atoms with E-state index in [-0.39, 0.29) is 37.9 Å². The number of benzene rings is 2. The van der Waals surface area contributed by atoms with Gasteiger partial charge in [0.15, 0.2) is 0 Å². The number of carbonyl (C=O) groups is 1. The normalized spacial score (nSPS) is 10.7. The van der Waals surface area contributed by atoms with Crippen molar-refractivity contribution in [3.8, 4) is 11.5 Å². The standard InChI is InChI=1S/C15H7Cl4N3O2/c16-9-6-8(10(17)12(19)11(9)18)14-21-22-15(24-14)20-13(23)7-4-2-1-3-5-7/h1-6H,(H,20,22,23). The molecule has 0 saturated heterocycles. The van der Waals surface area contributed by atoms with Gasteiger partial charge in [-0.25, -0.2) is 0 Å². The van der Waals surface area contributed by atoms with Crippen molar-refractivity contribution in [1.82, 2.24) is 10.2 Å². The van der Waals surface area contributed by atoms with Gasteiger partial charge in [-0.1, -0.05) is 69.7 Å². The van der Waals surface area contributed by atoms with E-state index in [0.717, 1.165) is 0 Å². The molecular formula is C15H7Cl4N3O2. The number of halogens is 4. The van der Waals surface area contributed by atoms with Crippen molar-refractivity contribution in [2.24, 2.45) is 0 Å². The number of aromatic nitrogens is 2. The van der Waals surface area contributed by atoms with E-state index in [1.165, 1.54) is 6.07 Å². The second kappa shape index (κ2) is 6.99. The van der Waals surface area contributed by atoms with Crippen LogP contribution >= 0.6 is 46.4 Å². The maximum Gasteiger partial charge on any atom is 0.322 e. The van der Waals surface area contributed by atoms with Crippen LogP contribution in [0.2, 0.25) is 20.1 Å². The first-order chi connectivity index (χ1) is 11.5. The summed E-state index contributed by atoms with van der Waals surface area (Å²) in [5.74, 6) is -0.340. The highest BCUT2D eigenvalue weighted by Crippen LogP contribution is 2.42. The molecule has 0 spiro atoms. The highest BCUT2D eigenvalue weighted by atomic mass is 35.5. The smallest absolute Gasteiger partial charge is 0.322 e. The Morgan fingerprint density at radius 2 is 1.67 bits per heavy atom. The Morgan fingerprint density at radius 3 is 2.38 bits per heavy atom. The molecule has 0 aliphatic carbocycles. The van der Waals surface area contributed by atoms with Crippen LogP contribution in [0.15, 0.2) is 40.8 Å².